The Labute approximate surface area is 120 Å². The minimum Gasteiger partial charge on any atom is -0.398 e. The molecular weight excluding hydrogens is 330 g/mol. The number of sulfonamides is 1. The van der Waals surface area contributed by atoms with Gasteiger partial charge < -0.3 is 5.73 Å². The summed E-state index contributed by atoms with van der Waals surface area (Å²) in [4.78, 5) is 4.01. The van der Waals surface area contributed by atoms with Crippen LogP contribution in [-0.4, -0.2) is 13.4 Å². The van der Waals surface area contributed by atoms with Crippen molar-refractivity contribution < 1.29 is 8.42 Å². The number of nitrogens with two attached hydrogens (primary N) is 1. The Morgan fingerprint density at radius 1 is 1.26 bits per heavy atom. The summed E-state index contributed by atoms with van der Waals surface area (Å²) in [5.74, 6) is 0. The van der Waals surface area contributed by atoms with Crippen molar-refractivity contribution in [1.29, 1.82) is 0 Å². The van der Waals surface area contributed by atoms with Crippen LogP contribution in [0.2, 0.25) is 0 Å². The van der Waals surface area contributed by atoms with E-state index in [0.29, 0.717) is 10.3 Å². The number of halogens is 1. The van der Waals surface area contributed by atoms with Crippen LogP contribution in [0.5, 0.6) is 0 Å². The van der Waals surface area contributed by atoms with Crippen LogP contribution in [0.25, 0.3) is 0 Å². The molecule has 0 bridgehead atoms. The number of pyridine rings is 1. The van der Waals surface area contributed by atoms with Crippen LogP contribution in [0.4, 0.5) is 11.4 Å². The lowest BCUT2D eigenvalue weighted by Crippen LogP contribution is -2.15. The number of aromatic nitrogens is 1. The van der Waals surface area contributed by atoms with Gasteiger partial charge in [0.25, 0.3) is 10.0 Å². The molecule has 0 saturated carbocycles. The summed E-state index contributed by atoms with van der Waals surface area (Å²) in [5.41, 5.74) is 7.25. The van der Waals surface area contributed by atoms with Crippen LogP contribution < -0.4 is 10.5 Å². The fourth-order valence-corrected chi connectivity index (χ4v) is 2.95. The number of nitrogen functional groups attached to an aromatic ring is 1. The van der Waals surface area contributed by atoms with Gasteiger partial charge in [0, 0.05) is 0 Å². The fraction of sp³-hybridized carbons (Fsp3) is 0.0833. The average molecular weight is 342 g/mol. The number of rotatable bonds is 3. The van der Waals surface area contributed by atoms with Crippen molar-refractivity contribution in [3.05, 3.63) is 46.7 Å². The molecule has 3 N–H and O–H groups in total. The second kappa shape index (κ2) is 5.18. The van der Waals surface area contributed by atoms with Crippen molar-refractivity contribution in [1.82, 2.24) is 4.98 Å². The van der Waals surface area contributed by atoms with Crippen molar-refractivity contribution in [3.63, 3.8) is 0 Å². The van der Waals surface area contributed by atoms with Gasteiger partial charge >= 0.3 is 0 Å². The van der Waals surface area contributed by atoms with E-state index >= 15 is 0 Å². The average Bonchev–Trinajstić information content (AvgIpc) is 2.31. The lowest BCUT2D eigenvalue weighted by molar-refractivity contribution is 0.601. The zero-order valence-corrected chi connectivity index (χ0v) is 12.5. The zero-order valence-electron chi connectivity index (χ0n) is 10.1. The van der Waals surface area contributed by atoms with Gasteiger partial charge in [-0.25, -0.2) is 13.4 Å². The predicted molar refractivity (Wildman–Crippen MR) is 78.3 cm³/mol. The fourth-order valence-electron chi connectivity index (χ4n) is 1.56. The van der Waals surface area contributed by atoms with Gasteiger partial charge in [-0.1, -0.05) is 6.07 Å². The number of nitrogens with one attached hydrogen (secondary N) is 1. The number of anilines is 2. The predicted octanol–water partition coefficient (Wildman–Crippen LogP) is 2.54. The smallest absolute Gasteiger partial charge is 0.263 e. The van der Waals surface area contributed by atoms with E-state index in [9.17, 15) is 8.42 Å². The first-order valence-electron chi connectivity index (χ1n) is 5.39. The highest BCUT2D eigenvalue weighted by Crippen LogP contribution is 2.22. The molecule has 100 valence electrons. The molecule has 0 saturated heterocycles. The highest BCUT2D eigenvalue weighted by molar-refractivity contribution is 9.10. The maximum absolute atomic E-state index is 12.2. The first kappa shape index (κ1) is 13.8. The normalized spacial score (nSPS) is 11.3. The largest absolute Gasteiger partial charge is 0.398 e. The molecule has 1 heterocycles. The number of nitrogens with zero attached hydrogens (tertiary/aromatic N) is 1. The maximum atomic E-state index is 12.2. The van der Waals surface area contributed by atoms with Crippen LogP contribution in [0.3, 0.4) is 0 Å². The Kier molecular flexibility index (Phi) is 3.77. The van der Waals surface area contributed by atoms with E-state index in [1.807, 2.05) is 6.92 Å². The second-order valence-corrected chi connectivity index (χ2v) is 6.48. The summed E-state index contributed by atoms with van der Waals surface area (Å²) < 4.78 is 27.4. The van der Waals surface area contributed by atoms with Gasteiger partial charge in [-0.3, -0.25) is 4.72 Å². The van der Waals surface area contributed by atoms with Crippen molar-refractivity contribution in [2.24, 2.45) is 0 Å². The zero-order chi connectivity index (χ0) is 14.0. The van der Waals surface area contributed by atoms with Gasteiger partial charge in [0.2, 0.25) is 0 Å². The third-order valence-electron chi connectivity index (χ3n) is 2.43. The minimum absolute atomic E-state index is 0.0565. The third kappa shape index (κ3) is 3.24. The Balaban J connectivity index is 2.35. The molecule has 0 aliphatic heterocycles. The lowest BCUT2D eigenvalue weighted by atomic mass is 10.2. The number of aryl methyl sites for hydroxylation is 1. The van der Waals surface area contributed by atoms with Crippen molar-refractivity contribution in [3.8, 4) is 0 Å². The van der Waals surface area contributed by atoms with Gasteiger partial charge in [-0.2, -0.15) is 0 Å². The Morgan fingerprint density at radius 3 is 2.58 bits per heavy atom. The Hall–Kier alpha value is -1.60. The van der Waals surface area contributed by atoms with Gasteiger partial charge in [0.15, 0.2) is 0 Å². The molecule has 0 spiro atoms. The molecule has 5 nitrogen and oxygen atoms in total. The monoisotopic (exact) mass is 341 g/mol. The first-order valence-corrected chi connectivity index (χ1v) is 7.66. The van der Waals surface area contributed by atoms with Gasteiger partial charge in [0.1, 0.15) is 9.50 Å². The maximum Gasteiger partial charge on any atom is 0.263 e. The molecule has 7 heteroatoms. The van der Waals surface area contributed by atoms with E-state index in [-0.39, 0.29) is 10.6 Å². The number of hydrogen-bond donors (Lipinski definition) is 2. The topological polar surface area (TPSA) is 85.1 Å². The van der Waals surface area contributed by atoms with Gasteiger partial charge in [-0.15, -0.1) is 0 Å². The van der Waals surface area contributed by atoms with Gasteiger partial charge in [0.05, 0.1) is 17.6 Å². The van der Waals surface area contributed by atoms with Crippen LogP contribution in [0, 0.1) is 6.92 Å². The van der Waals surface area contributed by atoms with Crippen LogP contribution in [0.1, 0.15) is 5.56 Å². The van der Waals surface area contributed by atoms with Crippen LogP contribution in [0.15, 0.2) is 46.0 Å². The van der Waals surface area contributed by atoms with E-state index in [1.54, 1.807) is 24.3 Å². The van der Waals surface area contributed by atoms with Crippen molar-refractivity contribution in [2.75, 3.05) is 10.5 Å². The lowest BCUT2D eigenvalue weighted by Gasteiger charge is -2.10. The Bertz CT molecular complexity index is 699. The summed E-state index contributed by atoms with van der Waals surface area (Å²) in [6.45, 7) is 1.85. The summed E-state index contributed by atoms with van der Waals surface area (Å²) >= 11 is 3.18. The van der Waals surface area contributed by atoms with Crippen LogP contribution >= 0.6 is 15.9 Å². The molecule has 0 aliphatic rings. The van der Waals surface area contributed by atoms with E-state index in [0.717, 1.165) is 5.56 Å². The summed E-state index contributed by atoms with van der Waals surface area (Å²) in [5, 5.41) is 0. The molecule has 0 fully saturated rings. The molecule has 0 amide bonds. The summed E-state index contributed by atoms with van der Waals surface area (Å²) in [7, 11) is -3.70. The molecule has 2 rings (SSSR count). The summed E-state index contributed by atoms with van der Waals surface area (Å²) in [6, 6.07) is 8.06. The van der Waals surface area contributed by atoms with E-state index < -0.39 is 10.0 Å². The molecule has 19 heavy (non-hydrogen) atoms. The molecule has 0 radical (unpaired) electrons. The molecular formula is C12H12BrN3O2S. The van der Waals surface area contributed by atoms with Crippen molar-refractivity contribution >= 4 is 37.3 Å². The third-order valence-corrected chi connectivity index (χ3v) is 4.36. The first-order chi connectivity index (χ1) is 8.88. The highest BCUT2D eigenvalue weighted by Gasteiger charge is 2.17. The molecule has 0 unspecified atom stereocenters. The summed E-state index contributed by atoms with van der Waals surface area (Å²) in [6.07, 6.45) is 1.42. The van der Waals surface area contributed by atoms with E-state index in [2.05, 4.69) is 25.6 Å². The number of hydrogen-bond acceptors (Lipinski definition) is 4. The van der Waals surface area contributed by atoms with Crippen molar-refractivity contribution in [2.45, 2.75) is 11.8 Å². The minimum atomic E-state index is -3.70. The van der Waals surface area contributed by atoms with Gasteiger partial charge in [-0.05, 0) is 52.7 Å². The molecule has 0 aliphatic carbocycles. The SMILES string of the molecule is Cc1ccc(S(=O)(=O)Nc2ccc(Br)nc2)c(N)c1. The highest BCUT2D eigenvalue weighted by atomic mass is 79.9. The number of benzene rings is 1. The molecule has 1 aromatic heterocycles. The standard InChI is InChI=1S/C12H12BrN3O2S/c1-8-2-4-11(10(14)6-8)19(17,18)16-9-3-5-12(13)15-7-9/h2-7,16H,14H2,1H3. The van der Waals surface area contributed by atoms with E-state index in [1.165, 1.54) is 12.3 Å². The molecule has 1 aromatic carbocycles. The second-order valence-electron chi connectivity index (χ2n) is 4.02. The Morgan fingerprint density at radius 2 is 2.00 bits per heavy atom. The van der Waals surface area contributed by atoms with Crippen LogP contribution in [-0.2, 0) is 10.0 Å². The quantitative estimate of drug-likeness (QED) is 0.663. The van der Waals surface area contributed by atoms with E-state index in [4.69, 9.17) is 5.73 Å². The molecule has 2 aromatic rings. The molecule has 0 atom stereocenters.